The van der Waals surface area contributed by atoms with Gasteiger partial charge in [-0.25, -0.2) is 0 Å². The van der Waals surface area contributed by atoms with Gasteiger partial charge >= 0.3 is 0 Å². The van der Waals surface area contributed by atoms with Crippen LogP contribution in [0.1, 0.15) is 34.6 Å². The van der Waals surface area contributed by atoms with Gasteiger partial charge < -0.3 is 11.1 Å². The maximum Gasteiger partial charge on any atom is 0.275 e. The number of rotatable bonds is 6. The van der Waals surface area contributed by atoms with Crippen molar-refractivity contribution in [3.63, 3.8) is 0 Å². The predicted molar refractivity (Wildman–Crippen MR) is 81.5 cm³/mol. The second-order valence-electron chi connectivity index (χ2n) is 5.11. The first-order valence-electron chi connectivity index (χ1n) is 6.33. The van der Waals surface area contributed by atoms with Crippen molar-refractivity contribution in [2.75, 3.05) is 0 Å². The Kier molecular flexibility index (Phi) is 6.83. The average Bonchev–Trinajstić information content (AvgIpc) is 2.27. The first-order chi connectivity index (χ1) is 8.66. The summed E-state index contributed by atoms with van der Waals surface area (Å²) in [6.07, 6.45) is 1.78. The van der Waals surface area contributed by atoms with Crippen molar-refractivity contribution in [3.05, 3.63) is 35.8 Å². The number of aliphatic imine (C=N–C) groups is 1. The summed E-state index contributed by atoms with van der Waals surface area (Å²) in [4.78, 5) is 16.3. The number of amides is 1. The average molecular weight is 263 g/mol. The van der Waals surface area contributed by atoms with Crippen molar-refractivity contribution in [1.82, 2.24) is 5.32 Å². The Morgan fingerprint density at radius 3 is 2.16 bits per heavy atom. The summed E-state index contributed by atoms with van der Waals surface area (Å²) in [7, 11) is 0. The lowest BCUT2D eigenvalue weighted by molar-refractivity contribution is -0.116. The van der Waals surface area contributed by atoms with E-state index in [2.05, 4.69) is 44.2 Å². The lowest BCUT2D eigenvalue weighted by atomic mass is 9.99. The molecule has 0 rings (SSSR count). The number of carbonyl (C=O) groups is 1. The van der Waals surface area contributed by atoms with Gasteiger partial charge in [-0.15, -0.1) is 0 Å². The fourth-order valence-electron chi connectivity index (χ4n) is 1.10. The molecular formula is C15H25N3O. The molecule has 0 aromatic rings. The molecule has 0 aromatic heterocycles. The van der Waals surface area contributed by atoms with Gasteiger partial charge in [0.1, 0.15) is 5.70 Å². The molecule has 0 radical (unpaired) electrons. The number of allylic oxidation sites excluding steroid dienone is 2. The smallest absolute Gasteiger partial charge is 0.275 e. The van der Waals surface area contributed by atoms with Gasteiger partial charge in [0.25, 0.3) is 5.91 Å². The minimum Gasteiger partial charge on any atom is -0.386 e. The Bertz CT molecular complexity index is 431. The van der Waals surface area contributed by atoms with Gasteiger partial charge in [-0.2, -0.15) is 0 Å². The number of carbonyl (C=O) groups excluding carboxylic acids is 1. The highest BCUT2D eigenvalue weighted by Gasteiger charge is 2.13. The molecule has 0 spiro atoms. The summed E-state index contributed by atoms with van der Waals surface area (Å²) in [6.45, 7) is 17.2. The van der Waals surface area contributed by atoms with Gasteiger partial charge in [0.2, 0.25) is 0 Å². The zero-order chi connectivity index (χ0) is 15.2. The van der Waals surface area contributed by atoms with Crippen LogP contribution in [0.3, 0.4) is 0 Å². The van der Waals surface area contributed by atoms with E-state index in [9.17, 15) is 4.79 Å². The number of nitrogens with two attached hydrogens (primary N) is 1. The molecule has 0 saturated carbocycles. The SMILES string of the molecule is C=C(N)NC(=O)/C(N=CC(C)C(C)C)=C(/C)C(=C)C. The third-order valence-electron chi connectivity index (χ3n) is 2.97. The second-order valence-corrected chi connectivity index (χ2v) is 5.11. The minimum absolute atomic E-state index is 0.101. The lowest BCUT2D eigenvalue weighted by Crippen LogP contribution is -2.28. The summed E-state index contributed by atoms with van der Waals surface area (Å²) in [5.41, 5.74) is 7.25. The predicted octanol–water partition coefficient (Wildman–Crippen LogP) is 2.75. The molecule has 1 atom stereocenters. The lowest BCUT2D eigenvalue weighted by Gasteiger charge is -2.12. The minimum atomic E-state index is -0.361. The van der Waals surface area contributed by atoms with Crippen LogP contribution in [-0.2, 0) is 4.79 Å². The van der Waals surface area contributed by atoms with Gasteiger partial charge in [-0.1, -0.05) is 39.5 Å². The van der Waals surface area contributed by atoms with E-state index in [1.807, 2.05) is 13.8 Å². The van der Waals surface area contributed by atoms with Gasteiger partial charge in [-0.05, 0) is 31.3 Å². The van der Waals surface area contributed by atoms with Crippen LogP contribution in [0.4, 0.5) is 0 Å². The second kappa shape index (κ2) is 7.56. The number of hydrogen-bond acceptors (Lipinski definition) is 3. The van der Waals surface area contributed by atoms with Crippen molar-refractivity contribution in [2.24, 2.45) is 22.6 Å². The fourth-order valence-corrected chi connectivity index (χ4v) is 1.10. The molecule has 0 aliphatic rings. The Labute approximate surface area is 116 Å². The molecule has 106 valence electrons. The summed E-state index contributed by atoms with van der Waals surface area (Å²) in [6, 6.07) is 0. The molecule has 0 aromatic carbocycles. The van der Waals surface area contributed by atoms with E-state index in [1.54, 1.807) is 6.21 Å². The standard InChI is InChI=1S/C15H25N3O/c1-9(2)11(5)8-17-14(12(6)10(3)4)15(19)18-13(7)16/h8-9,11H,3,7,16H2,1-2,4-6H3,(H,18,19)/b14-12+,17-8?. The summed E-state index contributed by atoms with van der Waals surface area (Å²) in [5.74, 6) is 0.480. The molecular weight excluding hydrogens is 238 g/mol. The first kappa shape index (κ1) is 17.2. The molecule has 19 heavy (non-hydrogen) atoms. The molecule has 3 N–H and O–H groups in total. The van der Waals surface area contributed by atoms with Crippen LogP contribution in [0.5, 0.6) is 0 Å². The Hall–Kier alpha value is -1.84. The molecule has 4 heteroatoms. The van der Waals surface area contributed by atoms with E-state index < -0.39 is 0 Å². The number of nitrogens with zero attached hydrogens (tertiary/aromatic N) is 1. The molecule has 1 amide bonds. The molecule has 4 nitrogen and oxygen atoms in total. The summed E-state index contributed by atoms with van der Waals surface area (Å²) < 4.78 is 0. The largest absolute Gasteiger partial charge is 0.386 e. The van der Waals surface area contributed by atoms with Gasteiger partial charge in [0.05, 0.1) is 5.82 Å². The Morgan fingerprint density at radius 2 is 1.79 bits per heavy atom. The third kappa shape index (κ3) is 6.04. The van der Waals surface area contributed by atoms with Crippen LogP contribution in [-0.4, -0.2) is 12.1 Å². The highest BCUT2D eigenvalue weighted by Crippen LogP contribution is 2.15. The van der Waals surface area contributed by atoms with Gasteiger partial charge in [-0.3, -0.25) is 9.79 Å². The molecule has 0 bridgehead atoms. The van der Waals surface area contributed by atoms with Crippen LogP contribution in [0.2, 0.25) is 0 Å². The summed E-state index contributed by atoms with van der Waals surface area (Å²) >= 11 is 0. The molecule has 0 aliphatic carbocycles. The van der Waals surface area contributed by atoms with E-state index in [0.29, 0.717) is 11.6 Å². The zero-order valence-corrected chi connectivity index (χ0v) is 12.6. The van der Waals surface area contributed by atoms with Crippen LogP contribution >= 0.6 is 0 Å². The van der Waals surface area contributed by atoms with Crippen molar-refractivity contribution in [2.45, 2.75) is 34.6 Å². The molecule has 1 unspecified atom stereocenters. The monoisotopic (exact) mass is 263 g/mol. The maximum atomic E-state index is 12.0. The van der Waals surface area contributed by atoms with Crippen molar-refractivity contribution >= 4 is 12.1 Å². The van der Waals surface area contributed by atoms with Crippen LogP contribution in [0, 0.1) is 11.8 Å². The van der Waals surface area contributed by atoms with E-state index in [-0.39, 0.29) is 17.6 Å². The molecule has 0 saturated heterocycles. The summed E-state index contributed by atoms with van der Waals surface area (Å²) in [5, 5.41) is 2.46. The van der Waals surface area contributed by atoms with E-state index in [4.69, 9.17) is 5.73 Å². The topological polar surface area (TPSA) is 67.5 Å². The first-order valence-corrected chi connectivity index (χ1v) is 6.33. The van der Waals surface area contributed by atoms with E-state index in [1.165, 1.54) is 0 Å². The van der Waals surface area contributed by atoms with Crippen molar-refractivity contribution in [1.29, 1.82) is 0 Å². The van der Waals surface area contributed by atoms with Crippen LogP contribution < -0.4 is 11.1 Å². The van der Waals surface area contributed by atoms with Crippen LogP contribution in [0.15, 0.2) is 40.8 Å². The number of nitrogens with one attached hydrogen (secondary N) is 1. The number of hydrogen-bond donors (Lipinski definition) is 2. The van der Waals surface area contributed by atoms with E-state index in [0.717, 1.165) is 11.1 Å². The van der Waals surface area contributed by atoms with Gasteiger partial charge in [0.15, 0.2) is 0 Å². The fraction of sp³-hybridized carbons (Fsp3) is 0.467. The third-order valence-corrected chi connectivity index (χ3v) is 2.97. The Balaban J connectivity index is 5.33. The van der Waals surface area contributed by atoms with Gasteiger partial charge in [0, 0.05) is 6.21 Å². The Morgan fingerprint density at radius 1 is 1.26 bits per heavy atom. The maximum absolute atomic E-state index is 12.0. The highest BCUT2D eigenvalue weighted by molar-refractivity contribution is 5.96. The van der Waals surface area contributed by atoms with E-state index >= 15 is 0 Å². The molecule has 0 aliphatic heterocycles. The zero-order valence-electron chi connectivity index (χ0n) is 12.6. The normalized spacial score (nSPS) is 14.2. The molecule has 0 fully saturated rings. The highest BCUT2D eigenvalue weighted by atomic mass is 16.2. The van der Waals surface area contributed by atoms with Crippen LogP contribution in [0.25, 0.3) is 0 Å². The quantitative estimate of drug-likeness (QED) is 0.439. The van der Waals surface area contributed by atoms with Crippen molar-refractivity contribution < 1.29 is 4.79 Å². The molecule has 0 heterocycles. The van der Waals surface area contributed by atoms with Crippen molar-refractivity contribution in [3.8, 4) is 0 Å².